The van der Waals surface area contributed by atoms with Crippen LogP contribution in [0.3, 0.4) is 0 Å². The summed E-state index contributed by atoms with van der Waals surface area (Å²) in [6.07, 6.45) is 1.51. The Kier molecular flexibility index (Phi) is 9.43. The van der Waals surface area contributed by atoms with E-state index in [4.69, 9.17) is 9.47 Å². The van der Waals surface area contributed by atoms with Gasteiger partial charge in [-0.1, -0.05) is 18.2 Å². The van der Waals surface area contributed by atoms with Gasteiger partial charge in [-0.2, -0.15) is 0 Å². The summed E-state index contributed by atoms with van der Waals surface area (Å²) in [5.74, 6) is 1.17. The van der Waals surface area contributed by atoms with E-state index in [2.05, 4.69) is 89.7 Å². The van der Waals surface area contributed by atoms with Gasteiger partial charge in [0.05, 0.1) is 12.2 Å². The fourth-order valence-corrected chi connectivity index (χ4v) is 5.65. The molecule has 1 amide bonds. The third-order valence-corrected chi connectivity index (χ3v) is 7.51. The van der Waals surface area contributed by atoms with Crippen LogP contribution in [0, 0.1) is 0 Å². The zero-order valence-corrected chi connectivity index (χ0v) is 25.7. The maximum absolute atomic E-state index is 13.1. The second kappa shape index (κ2) is 12.8. The summed E-state index contributed by atoms with van der Waals surface area (Å²) < 4.78 is 13.1. The highest BCUT2D eigenvalue weighted by Gasteiger charge is 2.47. The fraction of sp³-hybridized carbons (Fsp3) is 0.455. The van der Waals surface area contributed by atoms with E-state index in [9.17, 15) is 4.79 Å². The van der Waals surface area contributed by atoms with Gasteiger partial charge in [-0.25, -0.2) is 5.43 Å². The van der Waals surface area contributed by atoms with Gasteiger partial charge < -0.3 is 19.3 Å². The maximum Gasteiger partial charge on any atom is 0.284 e. The molecular weight excluding hydrogens is 514 g/mol. The summed E-state index contributed by atoms with van der Waals surface area (Å²) in [4.78, 5) is 22.2. The molecule has 0 radical (unpaired) electrons. The largest absolute Gasteiger partial charge is 0.491 e. The number of aromatic nitrogens is 1. The Morgan fingerprint density at radius 3 is 1.68 bits per heavy atom. The number of hydrogen-bond acceptors (Lipinski definition) is 7. The summed E-state index contributed by atoms with van der Waals surface area (Å²) >= 11 is 0. The lowest BCUT2D eigenvalue weighted by Gasteiger charge is -2.42. The molecule has 1 aliphatic rings. The molecule has 2 heterocycles. The monoisotopic (exact) mass is 559 g/mol. The zero-order chi connectivity index (χ0) is 29.7. The van der Waals surface area contributed by atoms with E-state index in [1.807, 2.05) is 39.8 Å². The van der Waals surface area contributed by atoms with Gasteiger partial charge >= 0.3 is 0 Å². The molecule has 0 unspecified atom stereocenters. The molecule has 8 heteroatoms. The zero-order valence-electron chi connectivity index (χ0n) is 25.7. The molecule has 220 valence electrons. The summed E-state index contributed by atoms with van der Waals surface area (Å²) in [7, 11) is 0. The molecule has 1 aromatic heterocycles. The molecule has 0 aliphatic carbocycles. The summed E-state index contributed by atoms with van der Waals surface area (Å²) in [5, 5.41) is 0. The molecule has 2 N–H and O–H groups in total. The van der Waals surface area contributed by atoms with Crippen molar-refractivity contribution < 1.29 is 14.3 Å². The minimum atomic E-state index is -1.05. The fourth-order valence-electron chi connectivity index (χ4n) is 5.65. The SMILES string of the molecule is CCN(CC)c1ccc(C2(c3ccc(N(CC)CC)cc3OC(C)C)NNC(=O)c3ncccc32)c(OC(C)C)c1. The third-order valence-electron chi connectivity index (χ3n) is 7.51. The molecule has 0 saturated carbocycles. The Labute approximate surface area is 245 Å². The van der Waals surface area contributed by atoms with E-state index in [0.717, 1.165) is 65.7 Å². The number of amides is 1. The molecule has 8 nitrogen and oxygen atoms in total. The number of nitrogens with one attached hydrogen (secondary N) is 2. The van der Waals surface area contributed by atoms with Crippen molar-refractivity contribution in [3.8, 4) is 11.5 Å². The number of ether oxygens (including phenoxy) is 2. The molecule has 0 atom stereocenters. The molecule has 1 aliphatic heterocycles. The molecule has 0 fully saturated rings. The van der Waals surface area contributed by atoms with Crippen LogP contribution in [0.4, 0.5) is 11.4 Å². The van der Waals surface area contributed by atoms with Crippen LogP contribution >= 0.6 is 0 Å². The van der Waals surface area contributed by atoms with E-state index in [-0.39, 0.29) is 18.1 Å². The second-order valence-electron chi connectivity index (χ2n) is 10.8. The Morgan fingerprint density at radius 1 is 0.756 bits per heavy atom. The second-order valence-corrected chi connectivity index (χ2v) is 10.8. The molecule has 3 aromatic rings. The highest BCUT2D eigenvalue weighted by molar-refractivity contribution is 5.96. The van der Waals surface area contributed by atoms with Crippen molar-refractivity contribution in [3.63, 3.8) is 0 Å². The Morgan fingerprint density at radius 2 is 1.24 bits per heavy atom. The Hall–Kier alpha value is -3.78. The highest BCUT2D eigenvalue weighted by Crippen LogP contribution is 2.48. The first-order chi connectivity index (χ1) is 19.7. The Balaban J connectivity index is 2.10. The Bertz CT molecular complexity index is 1280. The number of pyridine rings is 1. The average Bonchev–Trinajstić information content (AvgIpc) is 2.95. The van der Waals surface area contributed by atoms with E-state index >= 15 is 0 Å². The highest BCUT2D eigenvalue weighted by atomic mass is 16.5. The molecule has 0 saturated heterocycles. The van der Waals surface area contributed by atoms with Crippen LogP contribution < -0.4 is 30.1 Å². The smallest absolute Gasteiger partial charge is 0.284 e. The number of hydrogen-bond donors (Lipinski definition) is 2. The van der Waals surface area contributed by atoms with Crippen LogP contribution in [-0.2, 0) is 5.54 Å². The summed E-state index contributed by atoms with van der Waals surface area (Å²) in [6.45, 7) is 20.2. The predicted molar refractivity (Wildman–Crippen MR) is 166 cm³/mol. The van der Waals surface area contributed by atoms with E-state index in [1.165, 1.54) is 0 Å². The third kappa shape index (κ3) is 5.84. The number of benzene rings is 2. The van der Waals surface area contributed by atoms with Gasteiger partial charge in [-0.15, -0.1) is 0 Å². The minimum absolute atomic E-state index is 0.0688. The lowest BCUT2D eigenvalue weighted by atomic mass is 9.74. The van der Waals surface area contributed by atoms with Crippen molar-refractivity contribution in [2.45, 2.75) is 73.1 Å². The first-order valence-corrected chi connectivity index (χ1v) is 14.8. The minimum Gasteiger partial charge on any atom is -0.491 e. The van der Waals surface area contributed by atoms with Crippen molar-refractivity contribution in [2.24, 2.45) is 0 Å². The molecule has 0 bridgehead atoms. The van der Waals surface area contributed by atoms with E-state index in [1.54, 1.807) is 6.20 Å². The lowest BCUT2D eigenvalue weighted by Crippen LogP contribution is -2.58. The van der Waals surface area contributed by atoms with Crippen LogP contribution in [0.1, 0.15) is 82.6 Å². The van der Waals surface area contributed by atoms with E-state index < -0.39 is 5.54 Å². The first-order valence-electron chi connectivity index (χ1n) is 14.8. The van der Waals surface area contributed by atoms with Gasteiger partial charge in [0, 0.05) is 72.6 Å². The molecular formula is C33H45N5O3. The number of anilines is 2. The van der Waals surface area contributed by atoms with Crippen molar-refractivity contribution in [1.29, 1.82) is 0 Å². The number of carbonyl (C=O) groups excluding carboxylic acids is 1. The van der Waals surface area contributed by atoms with Crippen molar-refractivity contribution in [3.05, 3.63) is 77.1 Å². The molecule has 2 aromatic carbocycles. The van der Waals surface area contributed by atoms with Crippen molar-refractivity contribution >= 4 is 17.3 Å². The normalized spacial score (nSPS) is 14.0. The number of carbonyl (C=O) groups is 1. The predicted octanol–water partition coefficient (Wildman–Crippen LogP) is 5.89. The van der Waals surface area contributed by atoms with Crippen molar-refractivity contribution in [2.75, 3.05) is 36.0 Å². The van der Waals surface area contributed by atoms with Crippen LogP contribution in [0.5, 0.6) is 11.5 Å². The number of rotatable bonds is 12. The van der Waals surface area contributed by atoms with Gasteiger partial charge in [0.2, 0.25) is 0 Å². The number of nitrogens with zero attached hydrogens (tertiary/aromatic N) is 3. The van der Waals surface area contributed by atoms with Crippen molar-refractivity contribution in [1.82, 2.24) is 15.8 Å². The molecule has 0 spiro atoms. The van der Waals surface area contributed by atoms with E-state index in [0.29, 0.717) is 5.69 Å². The maximum atomic E-state index is 13.1. The number of fused-ring (bicyclic) bond motifs is 1. The van der Waals surface area contributed by atoms with Crippen LogP contribution in [-0.4, -0.2) is 49.3 Å². The van der Waals surface area contributed by atoms with Crippen LogP contribution in [0.2, 0.25) is 0 Å². The summed E-state index contributed by atoms with van der Waals surface area (Å²) in [5.41, 5.74) is 10.3. The average molecular weight is 560 g/mol. The van der Waals surface area contributed by atoms with Crippen LogP contribution in [0.15, 0.2) is 54.7 Å². The topological polar surface area (TPSA) is 79.0 Å². The van der Waals surface area contributed by atoms with Crippen LogP contribution in [0.25, 0.3) is 0 Å². The van der Waals surface area contributed by atoms with Gasteiger partial charge in [0.1, 0.15) is 22.7 Å². The quantitative estimate of drug-likeness (QED) is 0.287. The molecule has 41 heavy (non-hydrogen) atoms. The lowest BCUT2D eigenvalue weighted by molar-refractivity contribution is 0.0887. The first kappa shape index (κ1) is 30.2. The number of hydrazine groups is 1. The van der Waals surface area contributed by atoms with Gasteiger partial charge in [0.15, 0.2) is 0 Å². The van der Waals surface area contributed by atoms with Gasteiger partial charge in [-0.3, -0.25) is 15.2 Å². The van der Waals surface area contributed by atoms with Gasteiger partial charge in [-0.05, 0) is 73.6 Å². The standard InChI is InChI=1S/C33H45N5O3/c1-9-37(10-2)24-15-17-26(29(20-24)40-22(5)6)33(28-14-13-19-34-31(28)32(39)35-36-33)27-18-16-25(38(11-3)12-4)21-30(27)41-23(7)8/h13-23,36H,9-12H2,1-8H3,(H,35,39). The summed E-state index contributed by atoms with van der Waals surface area (Å²) in [6, 6.07) is 16.5. The molecule has 4 rings (SSSR count). The van der Waals surface area contributed by atoms with Gasteiger partial charge in [0.25, 0.3) is 5.91 Å².